The summed E-state index contributed by atoms with van der Waals surface area (Å²) in [5.41, 5.74) is 0.704. The number of benzene rings is 1. The van der Waals surface area contributed by atoms with Crippen molar-refractivity contribution in [2.24, 2.45) is 0 Å². The Kier molecular flexibility index (Phi) is 5.13. The molecule has 0 aliphatic heterocycles. The third-order valence-electron chi connectivity index (χ3n) is 3.31. The lowest BCUT2D eigenvalue weighted by molar-refractivity contribution is -0.0373. The van der Waals surface area contributed by atoms with Gasteiger partial charge in [-0.05, 0) is 43.2 Å². The summed E-state index contributed by atoms with van der Waals surface area (Å²) in [6, 6.07) is 7.73. The Labute approximate surface area is 128 Å². The van der Waals surface area contributed by atoms with E-state index in [0.717, 1.165) is 33.8 Å². The van der Waals surface area contributed by atoms with Crippen LogP contribution in [-0.4, -0.2) is 23.3 Å². The van der Waals surface area contributed by atoms with Crippen LogP contribution in [0.15, 0.2) is 34.9 Å². The van der Waals surface area contributed by atoms with Crippen LogP contribution < -0.4 is 0 Å². The van der Waals surface area contributed by atoms with Crippen molar-refractivity contribution in [3.05, 3.63) is 40.5 Å². The second-order valence-corrected chi connectivity index (χ2v) is 6.12. The summed E-state index contributed by atoms with van der Waals surface area (Å²) < 4.78 is 6.56. The monoisotopic (exact) mass is 337 g/mol. The van der Waals surface area contributed by atoms with E-state index in [1.807, 2.05) is 24.3 Å². The summed E-state index contributed by atoms with van der Waals surface area (Å²) in [7, 11) is 0. The van der Waals surface area contributed by atoms with Crippen LogP contribution in [0.3, 0.4) is 0 Å². The highest BCUT2D eigenvalue weighted by Crippen LogP contribution is 2.29. The van der Waals surface area contributed by atoms with Gasteiger partial charge in [0.1, 0.15) is 5.60 Å². The summed E-state index contributed by atoms with van der Waals surface area (Å²) in [6.45, 7) is 4.88. The Morgan fingerprint density at radius 3 is 2.90 bits per heavy atom. The maximum Gasteiger partial charge on any atom is 0.111 e. The van der Waals surface area contributed by atoms with Crippen LogP contribution in [0, 0.1) is 0 Å². The van der Waals surface area contributed by atoms with Crippen molar-refractivity contribution in [2.75, 3.05) is 13.2 Å². The first-order valence-electron chi connectivity index (χ1n) is 6.89. The quantitative estimate of drug-likeness (QED) is 0.809. The number of halogens is 1. The van der Waals surface area contributed by atoms with E-state index < -0.39 is 5.60 Å². The fourth-order valence-corrected chi connectivity index (χ4v) is 2.54. The van der Waals surface area contributed by atoms with E-state index in [0.29, 0.717) is 13.2 Å². The molecule has 2 aromatic rings. The molecular formula is C16H20BrNO2. The number of pyridine rings is 1. The first-order chi connectivity index (χ1) is 9.54. The SMILES string of the molecule is CCCCOCC(C)(O)c1ccnc2ccc(Br)cc12. The van der Waals surface area contributed by atoms with E-state index >= 15 is 0 Å². The molecule has 0 radical (unpaired) electrons. The van der Waals surface area contributed by atoms with Gasteiger partial charge in [-0.25, -0.2) is 0 Å². The fourth-order valence-electron chi connectivity index (χ4n) is 2.18. The molecule has 0 aliphatic rings. The van der Waals surface area contributed by atoms with Gasteiger partial charge in [0.05, 0.1) is 12.1 Å². The minimum atomic E-state index is -1.02. The van der Waals surface area contributed by atoms with Crippen molar-refractivity contribution in [3.8, 4) is 0 Å². The molecule has 0 fully saturated rings. The van der Waals surface area contributed by atoms with E-state index in [1.165, 1.54) is 0 Å². The molecule has 1 atom stereocenters. The zero-order valence-corrected chi connectivity index (χ0v) is 13.5. The number of hydrogen-bond donors (Lipinski definition) is 1. The van der Waals surface area contributed by atoms with Gasteiger partial charge in [0.25, 0.3) is 0 Å². The van der Waals surface area contributed by atoms with Crippen LogP contribution in [0.1, 0.15) is 32.3 Å². The van der Waals surface area contributed by atoms with Gasteiger partial charge in [-0.15, -0.1) is 0 Å². The van der Waals surface area contributed by atoms with Crippen LogP contribution in [0.4, 0.5) is 0 Å². The molecule has 108 valence electrons. The minimum Gasteiger partial charge on any atom is -0.383 e. The highest BCUT2D eigenvalue weighted by atomic mass is 79.9. The van der Waals surface area contributed by atoms with Gasteiger partial charge in [0.15, 0.2) is 0 Å². The highest BCUT2D eigenvalue weighted by Gasteiger charge is 2.25. The molecule has 1 heterocycles. The predicted octanol–water partition coefficient (Wildman–Crippen LogP) is 4.02. The van der Waals surface area contributed by atoms with E-state index in [1.54, 1.807) is 13.1 Å². The molecule has 3 nitrogen and oxygen atoms in total. The Morgan fingerprint density at radius 1 is 1.35 bits per heavy atom. The highest BCUT2D eigenvalue weighted by molar-refractivity contribution is 9.10. The number of aromatic nitrogens is 1. The van der Waals surface area contributed by atoms with Crippen LogP contribution in [0.25, 0.3) is 10.9 Å². The van der Waals surface area contributed by atoms with Gasteiger partial charge in [0.2, 0.25) is 0 Å². The van der Waals surface area contributed by atoms with Crippen molar-refractivity contribution < 1.29 is 9.84 Å². The molecule has 1 aromatic carbocycles. The standard InChI is InChI=1S/C16H20BrNO2/c1-3-4-9-20-11-16(2,19)14-7-8-18-15-6-5-12(17)10-13(14)15/h5-8,10,19H,3-4,9,11H2,1-2H3. The van der Waals surface area contributed by atoms with Gasteiger partial charge >= 0.3 is 0 Å². The van der Waals surface area contributed by atoms with Gasteiger partial charge < -0.3 is 9.84 Å². The maximum atomic E-state index is 10.7. The number of hydrogen-bond acceptors (Lipinski definition) is 3. The summed E-state index contributed by atoms with van der Waals surface area (Å²) in [6.07, 6.45) is 3.83. The Balaban J connectivity index is 2.28. The molecule has 1 unspecified atom stereocenters. The number of rotatable bonds is 6. The number of aliphatic hydroxyl groups is 1. The van der Waals surface area contributed by atoms with E-state index in [9.17, 15) is 5.11 Å². The van der Waals surface area contributed by atoms with Crippen LogP contribution in [0.5, 0.6) is 0 Å². The molecule has 0 bridgehead atoms. The molecule has 0 saturated carbocycles. The molecule has 0 aliphatic carbocycles. The topological polar surface area (TPSA) is 42.4 Å². The summed E-state index contributed by atoms with van der Waals surface area (Å²) in [5, 5.41) is 11.7. The first kappa shape index (κ1) is 15.4. The third-order valence-corrected chi connectivity index (χ3v) is 3.80. The fraction of sp³-hybridized carbons (Fsp3) is 0.438. The molecular weight excluding hydrogens is 318 g/mol. The van der Waals surface area contributed by atoms with Gasteiger partial charge in [-0.3, -0.25) is 4.98 Å². The van der Waals surface area contributed by atoms with Gasteiger partial charge in [-0.2, -0.15) is 0 Å². The van der Waals surface area contributed by atoms with Gasteiger partial charge in [0, 0.05) is 22.7 Å². The Morgan fingerprint density at radius 2 is 2.15 bits per heavy atom. The van der Waals surface area contributed by atoms with E-state index in [4.69, 9.17) is 4.74 Å². The lowest BCUT2D eigenvalue weighted by Gasteiger charge is -2.25. The molecule has 20 heavy (non-hydrogen) atoms. The summed E-state index contributed by atoms with van der Waals surface area (Å²) >= 11 is 3.47. The van der Waals surface area contributed by atoms with E-state index in [2.05, 4.69) is 27.8 Å². The lowest BCUT2D eigenvalue weighted by Crippen LogP contribution is -2.28. The van der Waals surface area contributed by atoms with E-state index in [-0.39, 0.29) is 0 Å². The van der Waals surface area contributed by atoms with Crippen molar-refractivity contribution >= 4 is 26.8 Å². The smallest absolute Gasteiger partial charge is 0.111 e. The lowest BCUT2D eigenvalue weighted by atomic mass is 9.94. The van der Waals surface area contributed by atoms with Crippen molar-refractivity contribution in [1.82, 2.24) is 4.98 Å². The minimum absolute atomic E-state index is 0.290. The molecule has 0 saturated heterocycles. The first-order valence-corrected chi connectivity index (χ1v) is 7.69. The third kappa shape index (κ3) is 3.57. The average Bonchev–Trinajstić information content (AvgIpc) is 2.43. The number of unbranched alkanes of at least 4 members (excludes halogenated alkanes) is 1. The molecule has 2 rings (SSSR count). The number of nitrogens with zero attached hydrogens (tertiary/aromatic N) is 1. The Hall–Kier alpha value is -0.970. The zero-order valence-electron chi connectivity index (χ0n) is 11.9. The van der Waals surface area contributed by atoms with Crippen molar-refractivity contribution in [3.63, 3.8) is 0 Å². The van der Waals surface area contributed by atoms with Gasteiger partial charge in [-0.1, -0.05) is 29.3 Å². The maximum absolute atomic E-state index is 10.7. The van der Waals surface area contributed by atoms with Crippen LogP contribution >= 0.6 is 15.9 Å². The Bertz CT molecular complexity index is 584. The molecule has 0 amide bonds. The van der Waals surface area contributed by atoms with Crippen LogP contribution in [0.2, 0.25) is 0 Å². The second-order valence-electron chi connectivity index (χ2n) is 5.20. The van der Waals surface area contributed by atoms with Crippen molar-refractivity contribution in [1.29, 1.82) is 0 Å². The molecule has 1 aromatic heterocycles. The molecule has 1 N–H and O–H groups in total. The average molecular weight is 338 g/mol. The summed E-state index contributed by atoms with van der Waals surface area (Å²) in [4.78, 5) is 4.33. The summed E-state index contributed by atoms with van der Waals surface area (Å²) in [5.74, 6) is 0. The predicted molar refractivity (Wildman–Crippen MR) is 84.7 cm³/mol. The molecule has 0 spiro atoms. The number of ether oxygens (including phenoxy) is 1. The normalized spacial score (nSPS) is 14.4. The van der Waals surface area contributed by atoms with Crippen molar-refractivity contribution in [2.45, 2.75) is 32.3 Å². The number of fused-ring (bicyclic) bond motifs is 1. The van der Waals surface area contributed by atoms with Crippen LogP contribution in [-0.2, 0) is 10.3 Å². The second kappa shape index (κ2) is 6.66. The largest absolute Gasteiger partial charge is 0.383 e. The molecule has 4 heteroatoms. The zero-order chi connectivity index (χ0) is 14.6.